The lowest BCUT2D eigenvalue weighted by Crippen LogP contribution is -2.43. The molecule has 0 aliphatic heterocycles. The van der Waals surface area contributed by atoms with Gasteiger partial charge >= 0.3 is 6.09 Å². The first-order valence-corrected chi connectivity index (χ1v) is 10.6. The highest BCUT2D eigenvalue weighted by Crippen LogP contribution is 2.28. The van der Waals surface area contributed by atoms with Crippen molar-refractivity contribution in [3.8, 4) is 23.3 Å². The molecule has 0 fully saturated rings. The Balaban J connectivity index is 2.00. The summed E-state index contributed by atoms with van der Waals surface area (Å²) >= 11 is 0. The summed E-state index contributed by atoms with van der Waals surface area (Å²) in [7, 11) is 0. The van der Waals surface area contributed by atoms with Gasteiger partial charge in [0.25, 0.3) is 0 Å². The topological polar surface area (TPSA) is 97.7 Å². The zero-order valence-corrected chi connectivity index (χ0v) is 19.2. The first kappa shape index (κ1) is 24.7. The monoisotopic (exact) mass is 438 g/mol. The molecule has 0 bridgehead atoms. The summed E-state index contributed by atoms with van der Waals surface area (Å²) in [6, 6.07) is 13.6. The van der Waals surface area contributed by atoms with Gasteiger partial charge in [-0.25, -0.2) is 4.79 Å². The number of nitriles is 1. The molecule has 1 N–H and O–H groups in total. The van der Waals surface area contributed by atoms with E-state index in [-0.39, 0.29) is 12.2 Å². The molecular formula is C25H30N2O5. The van der Waals surface area contributed by atoms with E-state index < -0.39 is 17.7 Å². The second-order valence-electron chi connectivity index (χ2n) is 8.20. The lowest BCUT2D eigenvalue weighted by Gasteiger charge is -2.22. The van der Waals surface area contributed by atoms with E-state index in [2.05, 4.69) is 11.4 Å². The van der Waals surface area contributed by atoms with Gasteiger partial charge in [0.15, 0.2) is 5.78 Å². The van der Waals surface area contributed by atoms with E-state index in [0.717, 1.165) is 5.56 Å². The van der Waals surface area contributed by atoms with Gasteiger partial charge in [0.1, 0.15) is 28.9 Å². The van der Waals surface area contributed by atoms with Crippen LogP contribution in [0, 0.1) is 11.3 Å². The summed E-state index contributed by atoms with van der Waals surface area (Å²) < 4.78 is 16.6. The predicted octanol–water partition coefficient (Wildman–Crippen LogP) is 5.16. The molecule has 1 amide bonds. The molecule has 0 aliphatic rings. The first-order valence-electron chi connectivity index (χ1n) is 10.6. The Labute approximate surface area is 189 Å². The number of ketones is 1. The summed E-state index contributed by atoms with van der Waals surface area (Å²) in [5.41, 5.74) is 0.625. The number of nitrogens with one attached hydrogen (secondary N) is 1. The summed E-state index contributed by atoms with van der Waals surface area (Å²) in [6.07, 6.45) is 0.0513. The number of ether oxygens (including phenoxy) is 3. The smallest absolute Gasteiger partial charge is 0.408 e. The third kappa shape index (κ3) is 7.62. The molecule has 0 aliphatic carbocycles. The molecule has 0 aromatic heterocycles. The Hall–Kier alpha value is -3.53. The summed E-state index contributed by atoms with van der Waals surface area (Å²) in [4.78, 5) is 24.6. The van der Waals surface area contributed by atoms with E-state index in [4.69, 9.17) is 19.5 Å². The highest BCUT2D eigenvalue weighted by atomic mass is 16.6. The maximum Gasteiger partial charge on any atom is 0.408 e. The minimum Gasteiger partial charge on any atom is -0.492 e. The lowest BCUT2D eigenvalue weighted by molar-refractivity contribution is -0.120. The van der Waals surface area contributed by atoms with Crippen LogP contribution in [0.1, 0.15) is 52.2 Å². The van der Waals surface area contributed by atoms with Crippen molar-refractivity contribution in [2.45, 2.75) is 59.1 Å². The summed E-state index contributed by atoms with van der Waals surface area (Å²) in [5.74, 6) is 1.51. The number of hydrogen-bond acceptors (Lipinski definition) is 6. The second-order valence-corrected chi connectivity index (χ2v) is 8.20. The van der Waals surface area contributed by atoms with Crippen LogP contribution in [0.2, 0.25) is 0 Å². The molecule has 0 radical (unpaired) electrons. The number of Topliss-reactive ketones (excluding diaryl/α,β-unsaturated/α-hetero) is 1. The first-order chi connectivity index (χ1) is 15.1. The Kier molecular flexibility index (Phi) is 8.65. The minimum absolute atomic E-state index is 0.0968. The maximum absolute atomic E-state index is 12.6. The normalized spacial score (nSPS) is 11.8. The van der Waals surface area contributed by atoms with Gasteiger partial charge in [0.2, 0.25) is 0 Å². The van der Waals surface area contributed by atoms with E-state index in [1.165, 1.54) is 0 Å². The molecule has 0 saturated carbocycles. The molecular weight excluding hydrogens is 408 g/mol. The van der Waals surface area contributed by atoms with Gasteiger partial charge < -0.3 is 19.5 Å². The Bertz CT molecular complexity index is 971. The molecule has 0 unspecified atom stereocenters. The van der Waals surface area contributed by atoms with Crippen molar-refractivity contribution >= 4 is 11.9 Å². The SMILES string of the molecule is CCOc1cc(Oc2ccc(CC(=O)[C@@H](CC)NC(=O)OC(C)(C)C)cc2)ccc1C#N. The largest absolute Gasteiger partial charge is 0.492 e. The number of carbonyl (C=O) groups excluding carboxylic acids is 2. The standard InChI is InChI=1S/C25H30N2O5/c1-6-21(27-24(29)32-25(3,4)5)22(28)14-17-8-11-19(12-9-17)31-20-13-10-18(16-26)23(15-20)30-7-2/h8-13,15,21H,6-7,14H2,1-5H3,(H,27,29)/t21-/m1/s1. The van der Waals surface area contributed by atoms with Crippen molar-refractivity contribution in [1.82, 2.24) is 5.32 Å². The molecule has 2 rings (SSSR count). The third-order valence-corrected chi connectivity index (χ3v) is 4.40. The molecule has 0 saturated heterocycles. The van der Waals surface area contributed by atoms with Crippen LogP contribution in [-0.2, 0) is 16.0 Å². The molecule has 170 valence electrons. The number of hydrogen-bond donors (Lipinski definition) is 1. The van der Waals surface area contributed by atoms with Crippen molar-refractivity contribution in [3.05, 3.63) is 53.6 Å². The third-order valence-electron chi connectivity index (χ3n) is 4.40. The Morgan fingerprint density at radius 2 is 1.72 bits per heavy atom. The van der Waals surface area contributed by atoms with E-state index in [1.807, 2.05) is 13.8 Å². The molecule has 7 nitrogen and oxygen atoms in total. The molecule has 7 heteroatoms. The van der Waals surface area contributed by atoms with Gasteiger partial charge in [-0.3, -0.25) is 4.79 Å². The van der Waals surface area contributed by atoms with Crippen LogP contribution in [0.15, 0.2) is 42.5 Å². The van der Waals surface area contributed by atoms with Crippen LogP contribution in [0.4, 0.5) is 4.79 Å². The van der Waals surface area contributed by atoms with Crippen LogP contribution in [0.25, 0.3) is 0 Å². The van der Waals surface area contributed by atoms with Crippen molar-refractivity contribution in [2.24, 2.45) is 0 Å². The van der Waals surface area contributed by atoms with Crippen LogP contribution >= 0.6 is 0 Å². The lowest BCUT2D eigenvalue weighted by atomic mass is 10.0. The number of rotatable bonds is 9. The minimum atomic E-state index is -0.625. The number of alkyl carbamates (subject to hydrolysis) is 1. The zero-order chi connectivity index (χ0) is 23.7. The fraction of sp³-hybridized carbons (Fsp3) is 0.400. The molecule has 2 aromatic carbocycles. The fourth-order valence-corrected chi connectivity index (χ4v) is 2.93. The zero-order valence-electron chi connectivity index (χ0n) is 19.2. The van der Waals surface area contributed by atoms with Gasteiger partial charge in [0.05, 0.1) is 18.2 Å². The van der Waals surface area contributed by atoms with Crippen LogP contribution in [0.3, 0.4) is 0 Å². The molecule has 1 atom stereocenters. The molecule has 0 heterocycles. The molecule has 2 aromatic rings. The van der Waals surface area contributed by atoms with E-state index in [0.29, 0.717) is 35.8 Å². The maximum atomic E-state index is 12.6. The highest BCUT2D eigenvalue weighted by Gasteiger charge is 2.23. The summed E-state index contributed by atoms with van der Waals surface area (Å²) in [5, 5.41) is 11.8. The van der Waals surface area contributed by atoms with Crippen molar-refractivity contribution in [2.75, 3.05) is 6.61 Å². The summed E-state index contributed by atoms with van der Waals surface area (Å²) in [6.45, 7) is 9.45. The van der Waals surface area contributed by atoms with E-state index >= 15 is 0 Å². The van der Waals surface area contributed by atoms with Gasteiger partial charge in [-0.05, 0) is 63.9 Å². The number of nitrogens with zero attached hydrogens (tertiary/aromatic N) is 1. The van der Waals surface area contributed by atoms with Crippen LogP contribution in [0.5, 0.6) is 17.2 Å². The van der Waals surface area contributed by atoms with Crippen molar-refractivity contribution in [3.63, 3.8) is 0 Å². The molecule has 0 spiro atoms. The van der Waals surface area contributed by atoms with E-state index in [1.54, 1.807) is 63.2 Å². The van der Waals surface area contributed by atoms with Gasteiger partial charge in [-0.15, -0.1) is 0 Å². The number of benzene rings is 2. The van der Waals surface area contributed by atoms with E-state index in [9.17, 15) is 9.59 Å². The van der Waals surface area contributed by atoms with Gasteiger partial charge in [-0.1, -0.05) is 19.1 Å². The van der Waals surface area contributed by atoms with Crippen LogP contribution < -0.4 is 14.8 Å². The molecule has 32 heavy (non-hydrogen) atoms. The fourth-order valence-electron chi connectivity index (χ4n) is 2.93. The second kappa shape index (κ2) is 11.2. The van der Waals surface area contributed by atoms with Gasteiger partial charge in [-0.2, -0.15) is 5.26 Å². The van der Waals surface area contributed by atoms with Crippen LogP contribution in [-0.4, -0.2) is 30.1 Å². The Morgan fingerprint density at radius 3 is 2.28 bits per heavy atom. The average molecular weight is 439 g/mol. The Morgan fingerprint density at radius 1 is 1.06 bits per heavy atom. The van der Waals surface area contributed by atoms with Crippen molar-refractivity contribution in [1.29, 1.82) is 5.26 Å². The number of carbonyl (C=O) groups is 2. The number of amides is 1. The average Bonchev–Trinajstić information content (AvgIpc) is 2.72. The predicted molar refractivity (Wildman–Crippen MR) is 121 cm³/mol. The quantitative estimate of drug-likeness (QED) is 0.580. The van der Waals surface area contributed by atoms with Gasteiger partial charge in [0, 0.05) is 12.5 Å². The van der Waals surface area contributed by atoms with Crippen molar-refractivity contribution < 1.29 is 23.8 Å². The highest BCUT2D eigenvalue weighted by molar-refractivity contribution is 5.89.